The quantitative estimate of drug-likeness (QED) is 0.833. The highest BCUT2D eigenvalue weighted by atomic mass is 35.5. The first-order chi connectivity index (χ1) is 7.02. The minimum atomic E-state index is -0.885. The molecule has 0 aromatic heterocycles. The maximum atomic E-state index is 10.4. The third kappa shape index (κ3) is 3.56. The lowest BCUT2D eigenvalue weighted by atomic mass is 10.1. The van der Waals surface area contributed by atoms with Gasteiger partial charge in [0.25, 0.3) is 0 Å². The summed E-state index contributed by atoms with van der Waals surface area (Å²) in [6.45, 7) is 0. The van der Waals surface area contributed by atoms with Crippen LogP contribution < -0.4 is 0 Å². The molecule has 1 aromatic carbocycles. The molecule has 0 fully saturated rings. The SMILES string of the molecule is O=C(O)CCC(Cl)c1c(Cl)cccc1Cl. The zero-order valence-electron chi connectivity index (χ0n) is 7.71. The molecule has 0 aliphatic rings. The molecule has 82 valence electrons. The van der Waals surface area contributed by atoms with Gasteiger partial charge in [-0.3, -0.25) is 4.79 Å². The Labute approximate surface area is 103 Å². The van der Waals surface area contributed by atoms with Crippen molar-refractivity contribution in [2.24, 2.45) is 0 Å². The summed E-state index contributed by atoms with van der Waals surface area (Å²) in [5, 5.41) is 8.98. The van der Waals surface area contributed by atoms with E-state index in [9.17, 15) is 4.79 Å². The number of carbonyl (C=O) groups is 1. The van der Waals surface area contributed by atoms with E-state index in [4.69, 9.17) is 39.9 Å². The Kier molecular flexibility index (Phi) is 4.71. The molecule has 1 atom stereocenters. The molecule has 0 aliphatic carbocycles. The number of benzene rings is 1. The first-order valence-corrected chi connectivity index (χ1v) is 5.51. The molecule has 0 heterocycles. The molecule has 0 saturated carbocycles. The van der Waals surface area contributed by atoms with Crippen LogP contribution in [0.4, 0.5) is 0 Å². The molecule has 0 saturated heterocycles. The van der Waals surface area contributed by atoms with Crippen LogP contribution in [0.15, 0.2) is 18.2 Å². The van der Waals surface area contributed by atoms with Crippen LogP contribution >= 0.6 is 34.8 Å². The highest BCUT2D eigenvalue weighted by Crippen LogP contribution is 2.36. The zero-order chi connectivity index (χ0) is 11.4. The lowest BCUT2D eigenvalue weighted by molar-refractivity contribution is -0.137. The monoisotopic (exact) mass is 266 g/mol. The normalized spacial score (nSPS) is 12.5. The van der Waals surface area contributed by atoms with E-state index in [2.05, 4.69) is 0 Å². The molecular formula is C10H9Cl3O2. The second-order valence-corrected chi connectivity index (χ2v) is 4.38. The van der Waals surface area contributed by atoms with Gasteiger partial charge in [-0.1, -0.05) is 29.3 Å². The first kappa shape index (κ1) is 12.6. The number of rotatable bonds is 4. The summed E-state index contributed by atoms with van der Waals surface area (Å²) in [6.07, 6.45) is 0.302. The molecule has 1 aromatic rings. The second kappa shape index (κ2) is 5.59. The topological polar surface area (TPSA) is 37.3 Å². The van der Waals surface area contributed by atoms with E-state index >= 15 is 0 Å². The smallest absolute Gasteiger partial charge is 0.303 e. The average molecular weight is 268 g/mol. The van der Waals surface area contributed by atoms with Crippen molar-refractivity contribution in [1.29, 1.82) is 0 Å². The van der Waals surface area contributed by atoms with E-state index in [1.54, 1.807) is 18.2 Å². The largest absolute Gasteiger partial charge is 0.481 e. The molecule has 15 heavy (non-hydrogen) atoms. The van der Waals surface area contributed by atoms with Crippen LogP contribution in [0.5, 0.6) is 0 Å². The van der Waals surface area contributed by atoms with Crippen LogP contribution in [0, 0.1) is 0 Å². The van der Waals surface area contributed by atoms with Crippen molar-refractivity contribution in [1.82, 2.24) is 0 Å². The lowest BCUT2D eigenvalue weighted by Gasteiger charge is -2.12. The van der Waals surface area contributed by atoms with Gasteiger partial charge in [-0.15, -0.1) is 11.6 Å². The van der Waals surface area contributed by atoms with E-state index in [0.717, 1.165) is 0 Å². The Hall–Kier alpha value is -0.440. The molecule has 0 radical (unpaired) electrons. The van der Waals surface area contributed by atoms with Gasteiger partial charge in [0, 0.05) is 22.0 Å². The summed E-state index contributed by atoms with van der Waals surface area (Å²) in [5.41, 5.74) is 0.601. The molecule has 0 bridgehead atoms. The fourth-order valence-corrected chi connectivity index (χ4v) is 2.32. The highest BCUT2D eigenvalue weighted by Gasteiger charge is 2.16. The van der Waals surface area contributed by atoms with Gasteiger partial charge in [-0.2, -0.15) is 0 Å². The van der Waals surface area contributed by atoms with Crippen LogP contribution in [0.1, 0.15) is 23.8 Å². The van der Waals surface area contributed by atoms with Crippen LogP contribution in [0.25, 0.3) is 0 Å². The summed E-state index contributed by atoms with van der Waals surface area (Å²) >= 11 is 17.9. The Morgan fingerprint density at radius 3 is 2.33 bits per heavy atom. The summed E-state index contributed by atoms with van der Waals surface area (Å²) in [4.78, 5) is 10.4. The van der Waals surface area contributed by atoms with Crippen molar-refractivity contribution < 1.29 is 9.90 Å². The summed E-state index contributed by atoms with van der Waals surface area (Å²) in [5.74, 6) is -0.885. The Morgan fingerprint density at radius 1 is 1.33 bits per heavy atom. The fourth-order valence-electron chi connectivity index (χ4n) is 1.20. The standard InChI is InChI=1S/C10H9Cl3O2/c11-6-2-1-3-7(12)10(6)8(13)4-5-9(14)15/h1-3,8H,4-5H2,(H,14,15). The average Bonchev–Trinajstić information content (AvgIpc) is 2.14. The maximum absolute atomic E-state index is 10.4. The highest BCUT2D eigenvalue weighted by molar-refractivity contribution is 6.37. The molecule has 0 aliphatic heterocycles. The Bertz CT molecular complexity index is 345. The van der Waals surface area contributed by atoms with E-state index in [1.165, 1.54) is 0 Å². The molecule has 1 rings (SSSR count). The molecule has 5 heteroatoms. The van der Waals surface area contributed by atoms with E-state index in [-0.39, 0.29) is 6.42 Å². The third-order valence-corrected chi connectivity index (χ3v) is 3.02. The Balaban J connectivity index is 2.81. The van der Waals surface area contributed by atoms with E-state index < -0.39 is 11.3 Å². The second-order valence-electron chi connectivity index (χ2n) is 3.04. The molecule has 1 N–H and O–H groups in total. The van der Waals surface area contributed by atoms with Gasteiger partial charge in [0.2, 0.25) is 0 Å². The number of hydrogen-bond acceptors (Lipinski definition) is 1. The molecular weight excluding hydrogens is 258 g/mol. The van der Waals surface area contributed by atoms with Gasteiger partial charge >= 0.3 is 5.97 Å². The minimum absolute atomic E-state index is 0.00425. The maximum Gasteiger partial charge on any atom is 0.303 e. The number of aliphatic carboxylic acids is 1. The van der Waals surface area contributed by atoms with Gasteiger partial charge in [0.1, 0.15) is 0 Å². The van der Waals surface area contributed by atoms with E-state index in [1.807, 2.05) is 0 Å². The number of carboxylic acid groups (broad SMARTS) is 1. The fraction of sp³-hybridized carbons (Fsp3) is 0.300. The van der Waals surface area contributed by atoms with Gasteiger partial charge in [0.05, 0.1) is 5.38 Å². The van der Waals surface area contributed by atoms with Crippen molar-refractivity contribution in [3.8, 4) is 0 Å². The van der Waals surface area contributed by atoms with Crippen molar-refractivity contribution >= 4 is 40.8 Å². The predicted octanol–water partition coefficient (Wildman–Crippen LogP) is 4.14. The van der Waals surface area contributed by atoms with Crippen molar-refractivity contribution in [2.75, 3.05) is 0 Å². The van der Waals surface area contributed by atoms with Gasteiger partial charge < -0.3 is 5.11 Å². The number of hydrogen-bond donors (Lipinski definition) is 1. The lowest BCUT2D eigenvalue weighted by Crippen LogP contribution is -1.99. The number of halogens is 3. The van der Waals surface area contributed by atoms with Crippen molar-refractivity contribution in [3.63, 3.8) is 0 Å². The molecule has 0 amide bonds. The molecule has 1 unspecified atom stereocenters. The minimum Gasteiger partial charge on any atom is -0.481 e. The van der Waals surface area contributed by atoms with Crippen LogP contribution in [0.2, 0.25) is 10.0 Å². The number of alkyl halides is 1. The van der Waals surface area contributed by atoms with Crippen molar-refractivity contribution in [3.05, 3.63) is 33.8 Å². The first-order valence-electron chi connectivity index (χ1n) is 4.32. The summed E-state index contributed by atoms with van der Waals surface area (Å²) in [6, 6.07) is 5.08. The van der Waals surface area contributed by atoms with Gasteiger partial charge in [-0.05, 0) is 18.6 Å². The van der Waals surface area contributed by atoms with Crippen LogP contribution in [-0.2, 0) is 4.79 Å². The van der Waals surface area contributed by atoms with Gasteiger partial charge in [0.15, 0.2) is 0 Å². The van der Waals surface area contributed by atoms with Crippen LogP contribution in [-0.4, -0.2) is 11.1 Å². The van der Waals surface area contributed by atoms with E-state index in [0.29, 0.717) is 22.0 Å². The Morgan fingerprint density at radius 2 is 1.87 bits per heavy atom. The van der Waals surface area contributed by atoms with Crippen LogP contribution in [0.3, 0.4) is 0 Å². The molecule has 2 nitrogen and oxygen atoms in total. The summed E-state index contributed by atoms with van der Waals surface area (Å²) < 4.78 is 0. The van der Waals surface area contributed by atoms with Gasteiger partial charge in [-0.25, -0.2) is 0 Å². The number of carboxylic acids is 1. The zero-order valence-corrected chi connectivity index (χ0v) is 9.98. The summed E-state index contributed by atoms with van der Waals surface area (Å²) in [7, 11) is 0. The third-order valence-electron chi connectivity index (χ3n) is 1.92. The molecule has 0 spiro atoms. The predicted molar refractivity (Wildman–Crippen MR) is 61.9 cm³/mol. The van der Waals surface area contributed by atoms with Crippen molar-refractivity contribution in [2.45, 2.75) is 18.2 Å².